The number of hydrogen-bond acceptors (Lipinski definition) is 3. The number of hydrogen-bond donors (Lipinski definition) is 0. The van der Waals surface area contributed by atoms with Gasteiger partial charge in [0, 0.05) is 13.3 Å². The molecule has 0 saturated carbocycles. The molecule has 0 heterocycles. The van der Waals surface area contributed by atoms with Gasteiger partial charge in [-0.2, -0.15) is 0 Å². The lowest BCUT2D eigenvalue weighted by molar-refractivity contribution is -0.141. The Hall–Kier alpha value is -1.12. The van der Waals surface area contributed by atoms with Crippen molar-refractivity contribution in [2.75, 3.05) is 6.61 Å². The van der Waals surface area contributed by atoms with E-state index in [1.807, 2.05) is 12.2 Å². The number of esters is 1. The SMILES string of the molecule is CC(=O)CC/C=C\CCCOC(C)=O. The van der Waals surface area contributed by atoms with Crippen molar-refractivity contribution < 1.29 is 14.3 Å². The van der Waals surface area contributed by atoms with E-state index in [1.165, 1.54) is 6.92 Å². The predicted molar refractivity (Wildman–Crippen MR) is 54.9 cm³/mol. The molecule has 80 valence electrons. The highest BCUT2D eigenvalue weighted by molar-refractivity contribution is 5.75. The average molecular weight is 198 g/mol. The van der Waals surface area contributed by atoms with Gasteiger partial charge in [-0.25, -0.2) is 0 Å². The first-order chi connectivity index (χ1) is 6.63. The molecule has 0 aliphatic rings. The molecule has 0 N–H and O–H groups in total. The molecule has 0 bridgehead atoms. The number of Topliss-reactive ketones (excluding diaryl/α,β-unsaturated/α-hetero) is 1. The van der Waals surface area contributed by atoms with Crippen molar-refractivity contribution in [3.63, 3.8) is 0 Å². The monoisotopic (exact) mass is 198 g/mol. The zero-order valence-electron chi connectivity index (χ0n) is 8.91. The smallest absolute Gasteiger partial charge is 0.302 e. The molecule has 0 spiro atoms. The number of allylic oxidation sites excluding steroid dienone is 2. The molecule has 0 aromatic rings. The van der Waals surface area contributed by atoms with Gasteiger partial charge in [0.15, 0.2) is 0 Å². The van der Waals surface area contributed by atoms with Crippen molar-refractivity contribution in [1.82, 2.24) is 0 Å². The van der Waals surface area contributed by atoms with Crippen LogP contribution in [0.5, 0.6) is 0 Å². The third-order valence-corrected chi connectivity index (χ3v) is 1.65. The molecule has 0 amide bonds. The fourth-order valence-corrected chi connectivity index (χ4v) is 0.939. The normalized spacial score (nSPS) is 10.4. The van der Waals surface area contributed by atoms with Crippen molar-refractivity contribution in [3.05, 3.63) is 12.2 Å². The Kier molecular flexibility index (Phi) is 7.80. The number of ketones is 1. The van der Waals surface area contributed by atoms with Crippen LogP contribution in [-0.2, 0) is 14.3 Å². The number of carbonyl (C=O) groups excluding carboxylic acids is 2. The molecule has 0 fully saturated rings. The highest BCUT2D eigenvalue weighted by Gasteiger charge is 1.91. The van der Waals surface area contributed by atoms with Crippen LogP contribution in [-0.4, -0.2) is 18.4 Å². The third-order valence-electron chi connectivity index (χ3n) is 1.65. The lowest BCUT2D eigenvalue weighted by Gasteiger charge is -1.97. The van der Waals surface area contributed by atoms with Gasteiger partial charge in [-0.05, 0) is 26.2 Å². The minimum absolute atomic E-state index is 0.217. The molecular formula is C11H18O3. The number of ether oxygens (including phenoxy) is 1. The molecule has 0 unspecified atom stereocenters. The quantitative estimate of drug-likeness (QED) is 0.358. The molecule has 3 heteroatoms. The number of rotatable bonds is 7. The van der Waals surface area contributed by atoms with Gasteiger partial charge in [-0.1, -0.05) is 12.2 Å². The minimum atomic E-state index is -0.231. The van der Waals surface area contributed by atoms with Crippen LogP contribution in [0.4, 0.5) is 0 Å². The zero-order valence-corrected chi connectivity index (χ0v) is 8.91. The van der Waals surface area contributed by atoms with E-state index < -0.39 is 0 Å². The third kappa shape index (κ3) is 10.9. The first-order valence-corrected chi connectivity index (χ1v) is 4.90. The van der Waals surface area contributed by atoms with E-state index in [9.17, 15) is 9.59 Å². The Bertz CT molecular complexity index is 207. The largest absolute Gasteiger partial charge is 0.466 e. The van der Waals surface area contributed by atoms with Crippen molar-refractivity contribution >= 4 is 11.8 Å². The minimum Gasteiger partial charge on any atom is -0.466 e. The summed E-state index contributed by atoms with van der Waals surface area (Å²) in [6.45, 7) is 3.48. The molecular weight excluding hydrogens is 180 g/mol. The summed E-state index contributed by atoms with van der Waals surface area (Å²) in [5, 5.41) is 0. The molecule has 3 nitrogen and oxygen atoms in total. The Morgan fingerprint density at radius 3 is 2.36 bits per heavy atom. The molecule has 0 aliphatic heterocycles. The fraction of sp³-hybridized carbons (Fsp3) is 0.636. The van der Waals surface area contributed by atoms with Gasteiger partial charge < -0.3 is 9.53 Å². The van der Waals surface area contributed by atoms with Gasteiger partial charge in [0.2, 0.25) is 0 Å². The predicted octanol–water partition coefficient (Wildman–Crippen LogP) is 2.26. The standard InChI is InChI=1S/C11H18O3/c1-10(12)8-6-4-3-5-7-9-14-11(2)13/h3-4H,5-9H2,1-2H3/b4-3-. The topological polar surface area (TPSA) is 43.4 Å². The highest BCUT2D eigenvalue weighted by Crippen LogP contribution is 1.96. The van der Waals surface area contributed by atoms with Crippen molar-refractivity contribution in [3.8, 4) is 0 Å². The summed E-state index contributed by atoms with van der Waals surface area (Å²) in [7, 11) is 0. The van der Waals surface area contributed by atoms with Crippen LogP contribution in [0.2, 0.25) is 0 Å². The zero-order chi connectivity index (χ0) is 10.8. The van der Waals surface area contributed by atoms with Crippen molar-refractivity contribution in [1.29, 1.82) is 0 Å². The highest BCUT2D eigenvalue weighted by atomic mass is 16.5. The summed E-state index contributed by atoms with van der Waals surface area (Å²) in [5.41, 5.74) is 0. The Morgan fingerprint density at radius 1 is 1.14 bits per heavy atom. The van der Waals surface area contributed by atoms with E-state index in [4.69, 9.17) is 4.74 Å². The Balaban J connectivity index is 3.19. The van der Waals surface area contributed by atoms with E-state index >= 15 is 0 Å². The molecule has 0 saturated heterocycles. The Morgan fingerprint density at radius 2 is 1.79 bits per heavy atom. The fourth-order valence-electron chi connectivity index (χ4n) is 0.939. The van der Waals surface area contributed by atoms with Gasteiger partial charge in [-0.15, -0.1) is 0 Å². The number of unbranched alkanes of at least 4 members (excludes halogenated alkanes) is 1. The summed E-state index contributed by atoms with van der Waals surface area (Å²) < 4.78 is 4.76. The Labute approximate surface area is 85.1 Å². The van der Waals surface area contributed by atoms with Crippen LogP contribution < -0.4 is 0 Å². The molecule has 0 radical (unpaired) electrons. The maximum atomic E-state index is 10.6. The molecule has 0 atom stereocenters. The molecule has 0 aromatic heterocycles. The van der Waals surface area contributed by atoms with Crippen LogP contribution in [0.3, 0.4) is 0 Å². The van der Waals surface area contributed by atoms with Crippen LogP contribution >= 0.6 is 0 Å². The second kappa shape index (κ2) is 8.48. The first-order valence-electron chi connectivity index (χ1n) is 4.90. The van der Waals surface area contributed by atoms with Crippen LogP contribution in [0.1, 0.15) is 39.5 Å². The summed E-state index contributed by atoms with van der Waals surface area (Å²) >= 11 is 0. The molecule has 0 aromatic carbocycles. The van der Waals surface area contributed by atoms with Crippen LogP contribution in [0.25, 0.3) is 0 Å². The maximum absolute atomic E-state index is 10.6. The second-order valence-electron chi connectivity index (χ2n) is 3.19. The lowest BCUT2D eigenvalue weighted by atomic mass is 10.2. The average Bonchev–Trinajstić information content (AvgIpc) is 2.08. The summed E-state index contributed by atoms with van der Waals surface area (Å²) in [4.78, 5) is 20.9. The summed E-state index contributed by atoms with van der Waals surface area (Å²) in [6.07, 6.45) is 7.17. The lowest BCUT2D eigenvalue weighted by Crippen LogP contribution is -1.99. The van der Waals surface area contributed by atoms with Gasteiger partial charge in [-0.3, -0.25) is 4.79 Å². The molecule has 0 aliphatic carbocycles. The second-order valence-corrected chi connectivity index (χ2v) is 3.19. The van der Waals surface area contributed by atoms with E-state index in [-0.39, 0.29) is 11.8 Å². The maximum Gasteiger partial charge on any atom is 0.302 e. The van der Waals surface area contributed by atoms with Gasteiger partial charge >= 0.3 is 5.97 Å². The van der Waals surface area contributed by atoms with Crippen molar-refractivity contribution in [2.24, 2.45) is 0 Å². The first kappa shape index (κ1) is 12.9. The van der Waals surface area contributed by atoms with Gasteiger partial charge in [0.05, 0.1) is 6.61 Å². The molecule has 0 rings (SSSR count). The van der Waals surface area contributed by atoms with Crippen molar-refractivity contribution in [2.45, 2.75) is 39.5 Å². The number of carbonyl (C=O) groups is 2. The van der Waals surface area contributed by atoms with E-state index in [0.717, 1.165) is 19.3 Å². The van der Waals surface area contributed by atoms with E-state index in [2.05, 4.69) is 0 Å². The van der Waals surface area contributed by atoms with Crippen LogP contribution in [0.15, 0.2) is 12.2 Å². The summed E-state index contributed by atoms with van der Waals surface area (Å²) in [5.74, 6) is -0.0138. The van der Waals surface area contributed by atoms with Gasteiger partial charge in [0.1, 0.15) is 5.78 Å². The van der Waals surface area contributed by atoms with E-state index in [0.29, 0.717) is 13.0 Å². The van der Waals surface area contributed by atoms with Crippen LogP contribution in [0, 0.1) is 0 Å². The molecule has 14 heavy (non-hydrogen) atoms. The van der Waals surface area contributed by atoms with E-state index in [1.54, 1.807) is 6.92 Å². The summed E-state index contributed by atoms with van der Waals surface area (Å²) in [6, 6.07) is 0. The van der Waals surface area contributed by atoms with Gasteiger partial charge in [0.25, 0.3) is 0 Å².